The lowest BCUT2D eigenvalue weighted by Gasteiger charge is -2.29. The molecular weight excluding hydrogens is 204 g/mol. The van der Waals surface area contributed by atoms with Gasteiger partial charge in [-0.2, -0.15) is 0 Å². The van der Waals surface area contributed by atoms with E-state index in [-0.39, 0.29) is 12.1 Å². The monoisotopic (exact) mass is 226 g/mol. The van der Waals surface area contributed by atoms with E-state index in [0.717, 1.165) is 12.2 Å². The fourth-order valence-electron chi connectivity index (χ4n) is 1.98. The van der Waals surface area contributed by atoms with Crippen molar-refractivity contribution >= 4 is 0 Å². The van der Waals surface area contributed by atoms with Crippen molar-refractivity contribution in [2.75, 3.05) is 13.7 Å². The number of aromatic nitrogens is 3. The van der Waals surface area contributed by atoms with E-state index in [2.05, 4.69) is 36.4 Å². The molecule has 1 aromatic rings. The Morgan fingerprint density at radius 3 is 2.56 bits per heavy atom. The molecule has 0 aliphatic heterocycles. The van der Waals surface area contributed by atoms with E-state index in [1.54, 1.807) is 18.0 Å². The van der Waals surface area contributed by atoms with Gasteiger partial charge in [0.25, 0.3) is 0 Å². The predicted octanol–water partition coefficient (Wildman–Crippen LogP) is 1.14. The zero-order valence-corrected chi connectivity index (χ0v) is 10.8. The van der Waals surface area contributed by atoms with Gasteiger partial charge in [0, 0.05) is 14.2 Å². The number of hydrogen-bond donors (Lipinski definition) is 1. The molecule has 92 valence electrons. The highest BCUT2D eigenvalue weighted by atomic mass is 16.5. The Kier molecular flexibility index (Phi) is 4.89. The SMILES string of the molecule is CCNC(c1cnnn1C)C(OC)C(C)C. The highest BCUT2D eigenvalue weighted by Crippen LogP contribution is 2.23. The van der Waals surface area contributed by atoms with E-state index in [1.165, 1.54) is 0 Å². The Bertz CT molecular complexity index is 311. The fraction of sp³-hybridized carbons (Fsp3) is 0.818. The van der Waals surface area contributed by atoms with Crippen LogP contribution in [-0.2, 0) is 11.8 Å². The molecule has 1 rings (SSSR count). The van der Waals surface area contributed by atoms with Crippen LogP contribution in [0.15, 0.2) is 6.20 Å². The van der Waals surface area contributed by atoms with Gasteiger partial charge in [-0.3, -0.25) is 4.68 Å². The number of likely N-dealkylation sites (N-methyl/N-ethyl adjacent to an activating group) is 1. The van der Waals surface area contributed by atoms with Gasteiger partial charge in [-0.15, -0.1) is 5.10 Å². The van der Waals surface area contributed by atoms with Gasteiger partial charge < -0.3 is 10.1 Å². The van der Waals surface area contributed by atoms with Crippen molar-refractivity contribution in [3.8, 4) is 0 Å². The van der Waals surface area contributed by atoms with Gasteiger partial charge in [-0.1, -0.05) is 26.0 Å². The van der Waals surface area contributed by atoms with Crippen LogP contribution in [0.5, 0.6) is 0 Å². The van der Waals surface area contributed by atoms with Crippen LogP contribution in [0, 0.1) is 5.92 Å². The number of nitrogens with zero attached hydrogens (tertiary/aromatic N) is 3. The lowest BCUT2D eigenvalue weighted by atomic mass is 9.97. The smallest absolute Gasteiger partial charge is 0.0804 e. The van der Waals surface area contributed by atoms with Gasteiger partial charge in [-0.25, -0.2) is 0 Å². The molecule has 1 aromatic heterocycles. The van der Waals surface area contributed by atoms with Crippen molar-refractivity contribution < 1.29 is 4.74 Å². The fourth-order valence-corrected chi connectivity index (χ4v) is 1.98. The summed E-state index contributed by atoms with van der Waals surface area (Å²) in [6, 6.07) is 0.134. The molecule has 0 radical (unpaired) electrons. The Morgan fingerprint density at radius 2 is 2.19 bits per heavy atom. The van der Waals surface area contributed by atoms with Crippen LogP contribution in [0.4, 0.5) is 0 Å². The molecule has 5 heteroatoms. The van der Waals surface area contributed by atoms with Gasteiger partial charge in [0.2, 0.25) is 0 Å². The van der Waals surface area contributed by atoms with E-state index in [0.29, 0.717) is 5.92 Å². The molecule has 0 spiro atoms. The van der Waals surface area contributed by atoms with E-state index >= 15 is 0 Å². The lowest BCUT2D eigenvalue weighted by molar-refractivity contribution is 0.0308. The number of methoxy groups -OCH3 is 1. The molecular formula is C11H22N4O. The van der Waals surface area contributed by atoms with Crippen LogP contribution in [0.3, 0.4) is 0 Å². The number of rotatable bonds is 6. The summed E-state index contributed by atoms with van der Waals surface area (Å²) >= 11 is 0. The number of nitrogens with one attached hydrogen (secondary N) is 1. The molecule has 1 heterocycles. The highest BCUT2D eigenvalue weighted by Gasteiger charge is 2.27. The summed E-state index contributed by atoms with van der Waals surface area (Å²) in [6.07, 6.45) is 1.92. The average Bonchev–Trinajstić information content (AvgIpc) is 2.63. The Labute approximate surface area is 97.2 Å². The van der Waals surface area contributed by atoms with Crippen LogP contribution < -0.4 is 5.32 Å². The number of ether oxygens (including phenoxy) is 1. The van der Waals surface area contributed by atoms with Gasteiger partial charge in [0.05, 0.1) is 24.0 Å². The first kappa shape index (κ1) is 13.1. The molecule has 0 saturated carbocycles. The van der Waals surface area contributed by atoms with Crippen molar-refractivity contribution in [1.29, 1.82) is 0 Å². The molecule has 0 bridgehead atoms. The molecule has 0 amide bonds. The second-order valence-corrected chi connectivity index (χ2v) is 4.26. The third-order valence-electron chi connectivity index (χ3n) is 2.75. The third-order valence-corrected chi connectivity index (χ3v) is 2.75. The normalized spacial score (nSPS) is 15.4. The topological polar surface area (TPSA) is 52.0 Å². The van der Waals surface area contributed by atoms with Gasteiger partial charge >= 0.3 is 0 Å². The maximum absolute atomic E-state index is 5.57. The van der Waals surface area contributed by atoms with Crippen LogP contribution in [-0.4, -0.2) is 34.8 Å². The average molecular weight is 226 g/mol. The minimum atomic E-state index is 0.122. The molecule has 1 N–H and O–H groups in total. The Morgan fingerprint density at radius 1 is 1.50 bits per heavy atom. The van der Waals surface area contributed by atoms with Gasteiger partial charge in [0.15, 0.2) is 0 Å². The summed E-state index contributed by atoms with van der Waals surface area (Å²) in [5.74, 6) is 0.434. The molecule has 0 fully saturated rings. The first-order chi connectivity index (χ1) is 7.61. The zero-order chi connectivity index (χ0) is 12.1. The molecule has 0 saturated heterocycles. The van der Waals surface area contributed by atoms with Gasteiger partial charge in [-0.05, 0) is 12.5 Å². The minimum Gasteiger partial charge on any atom is -0.379 e. The van der Waals surface area contributed by atoms with Crippen LogP contribution in [0.1, 0.15) is 32.5 Å². The predicted molar refractivity (Wildman–Crippen MR) is 63.1 cm³/mol. The first-order valence-corrected chi connectivity index (χ1v) is 5.72. The second-order valence-electron chi connectivity index (χ2n) is 4.26. The van der Waals surface area contributed by atoms with Crippen molar-refractivity contribution in [1.82, 2.24) is 20.3 Å². The summed E-state index contributed by atoms with van der Waals surface area (Å²) < 4.78 is 7.37. The van der Waals surface area contributed by atoms with E-state index in [4.69, 9.17) is 4.74 Å². The molecule has 0 aromatic carbocycles. The van der Waals surface area contributed by atoms with Crippen molar-refractivity contribution in [3.05, 3.63) is 11.9 Å². The molecule has 5 nitrogen and oxygen atoms in total. The quantitative estimate of drug-likeness (QED) is 0.790. The number of aryl methyl sites for hydroxylation is 1. The summed E-state index contributed by atoms with van der Waals surface area (Å²) in [5.41, 5.74) is 1.06. The van der Waals surface area contributed by atoms with Crippen molar-refractivity contribution in [2.45, 2.75) is 32.9 Å². The number of hydrogen-bond acceptors (Lipinski definition) is 4. The van der Waals surface area contributed by atoms with E-state index in [1.807, 2.05) is 7.05 Å². The van der Waals surface area contributed by atoms with Crippen molar-refractivity contribution in [2.24, 2.45) is 13.0 Å². The van der Waals surface area contributed by atoms with Gasteiger partial charge in [0.1, 0.15) is 0 Å². The Balaban J connectivity index is 2.93. The molecule has 2 unspecified atom stereocenters. The Hall–Kier alpha value is -0.940. The zero-order valence-electron chi connectivity index (χ0n) is 10.8. The molecule has 2 atom stereocenters. The summed E-state index contributed by atoms with van der Waals surface area (Å²) in [4.78, 5) is 0. The summed E-state index contributed by atoms with van der Waals surface area (Å²) in [5, 5.41) is 11.3. The molecule has 0 aliphatic rings. The molecule has 0 aliphatic carbocycles. The maximum atomic E-state index is 5.57. The first-order valence-electron chi connectivity index (χ1n) is 5.72. The van der Waals surface area contributed by atoms with Crippen LogP contribution >= 0.6 is 0 Å². The minimum absolute atomic E-state index is 0.122. The standard InChI is InChI=1S/C11H22N4O/c1-6-12-10(11(16-5)8(2)3)9-7-13-14-15(9)4/h7-8,10-12H,6H2,1-5H3. The molecule has 16 heavy (non-hydrogen) atoms. The van der Waals surface area contributed by atoms with E-state index < -0.39 is 0 Å². The highest BCUT2D eigenvalue weighted by molar-refractivity contribution is 5.05. The maximum Gasteiger partial charge on any atom is 0.0804 e. The van der Waals surface area contributed by atoms with Crippen LogP contribution in [0.25, 0.3) is 0 Å². The van der Waals surface area contributed by atoms with Crippen molar-refractivity contribution in [3.63, 3.8) is 0 Å². The van der Waals surface area contributed by atoms with E-state index in [9.17, 15) is 0 Å². The second kappa shape index (κ2) is 5.96. The van der Waals surface area contributed by atoms with Crippen LogP contribution in [0.2, 0.25) is 0 Å². The third kappa shape index (κ3) is 2.80. The largest absolute Gasteiger partial charge is 0.379 e. The summed E-state index contributed by atoms with van der Waals surface area (Å²) in [6.45, 7) is 7.29. The summed E-state index contributed by atoms with van der Waals surface area (Å²) in [7, 11) is 3.65. The lowest BCUT2D eigenvalue weighted by Crippen LogP contribution is -2.37.